The Bertz CT molecular complexity index is 929. The summed E-state index contributed by atoms with van der Waals surface area (Å²) in [7, 11) is 0. The summed E-state index contributed by atoms with van der Waals surface area (Å²) in [5.74, 6) is -0.427. The molecule has 0 bridgehead atoms. The van der Waals surface area contributed by atoms with Crippen molar-refractivity contribution in [2.24, 2.45) is 5.73 Å². The van der Waals surface area contributed by atoms with Crippen LogP contribution in [-0.4, -0.2) is 47.7 Å². The maximum absolute atomic E-state index is 12.7. The van der Waals surface area contributed by atoms with E-state index < -0.39 is 29.7 Å². The SMILES string of the molecule is CC(C)(C)OC(=O)N(CCCC[C@H](NCCc1ccccc1)C(N)=O)C(=O)OCc1ccccc1. The minimum absolute atomic E-state index is 0.0497. The van der Waals surface area contributed by atoms with Crippen molar-refractivity contribution in [2.75, 3.05) is 13.1 Å². The van der Waals surface area contributed by atoms with E-state index in [0.717, 1.165) is 16.9 Å². The van der Waals surface area contributed by atoms with E-state index in [4.69, 9.17) is 15.2 Å². The van der Waals surface area contributed by atoms with Crippen LogP contribution in [0.5, 0.6) is 0 Å². The molecule has 2 aromatic carbocycles. The molecule has 0 aliphatic carbocycles. The van der Waals surface area contributed by atoms with Gasteiger partial charge in [0.2, 0.25) is 5.91 Å². The van der Waals surface area contributed by atoms with Crippen LogP contribution in [0.25, 0.3) is 0 Å². The minimum Gasteiger partial charge on any atom is -0.444 e. The Morgan fingerprint density at radius 1 is 0.914 bits per heavy atom. The van der Waals surface area contributed by atoms with Crippen LogP contribution < -0.4 is 11.1 Å². The molecule has 0 aliphatic rings. The third kappa shape index (κ3) is 11.1. The number of unbranched alkanes of at least 4 members (excludes halogenated alkanes) is 1. The average Bonchev–Trinajstić information content (AvgIpc) is 2.81. The standard InChI is InChI=1S/C27H37N3O5/c1-27(2,3)35-26(33)30(25(32)34-20-22-14-8-5-9-15-22)19-11-10-16-23(24(28)31)29-18-17-21-12-6-4-7-13-21/h4-9,12-15,23,29H,10-11,16-20H2,1-3H3,(H2,28,31)/t23-/m0/s1. The van der Waals surface area contributed by atoms with Gasteiger partial charge in [-0.15, -0.1) is 0 Å². The lowest BCUT2D eigenvalue weighted by Crippen LogP contribution is -2.43. The van der Waals surface area contributed by atoms with Crippen LogP contribution in [0.15, 0.2) is 60.7 Å². The second kappa shape index (κ2) is 14.1. The zero-order valence-corrected chi connectivity index (χ0v) is 20.9. The molecule has 0 heterocycles. The molecular formula is C27H37N3O5. The molecule has 0 saturated carbocycles. The van der Waals surface area contributed by atoms with Gasteiger partial charge in [0.1, 0.15) is 12.2 Å². The molecule has 0 fully saturated rings. The number of amides is 3. The predicted octanol–water partition coefficient (Wildman–Crippen LogP) is 4.42. The van der Waals surface area contributed by atoms with Gasteiger partial charge in [0, 0.05) is 6.54 Å². The largest absolute Gasteiger partial charge is 0.444 e. The van der Waals surface area contributed by atoms with Gasteiger partial charge in [0.25, 0.3) is 0 Å². The number of hydrogen-bond donors (Lipinski definition) is 2. The summed E-state index contributed by atoms with van der Waals surface area (Å²) in [6.07, 6.45) is 0.801. The van der Waals surface area contributed by atoms with Gasteiger partial charge >= 0.3 is 12.2 Å². The maximum Gasteiger partial charge on any atom is 0.419 e. The fourth-order valence-corrected chi connectivity index (χ4v) is 3.37. The molecule has 3 N–H and O–H groups in total. The molecule has 1 atom stereocenters. The van der Waals surface area contributed by atoms with Crippen molar-refractivity contribution in [1.29, 1.82) is 0 Å². The summed E-state index contributed by atoms with van der Waals surface area (Å²) in [6.45, 7) is 5.98. The number of carbonyl (C=O) groups excluding carboxylic acids is 3. The number of nitrogens with two attached hydrogens (primary N) is 1. The van der Waals surface area contributed by atoms with Crippen LogP contribution in [-0.2, 0) is 27.3 Å². The van der Waals surface area contributed by atoms with Crippen LogP contribution in [0.3, 0.4) is 0 Å². The van der Waals surface area contributed by atoms with E-state index in [-0.39, 0.29) is 13.2 Å². The van der Waals surface area contributed by atoms with Gasteiger partial charge in [-0.25, -0.2) is 14.5 Å². The lowest BCUT2D eigenvalue weighted by atomic mass is 10.1. The van der Waals surface area contributed by atoms with Gasteiger partial charge in [-0.2, -0.15) is 0 Å². The van der Waals surface area contributed by atoms with Gasteiger partial charge in [-0.1, -0.05) is 60.7 Å². The summed E-state index contributed by atoms with van der Waals surface area (Å²) in [5, 5.41) is 3.20. The molecule has 2 aromatic rings. The normalized spacial score (nSPS) is 12.0. The first-order valence-electron chi connectivity index (χ1n) is 11.9. The monoisotopic (exact) mass is 483 g/mol. The third-order valence-electron chi connectivity index (χ3n) is 5.15. The average molecular weight is 484 g/mol. The molecule has 3 amide bonds. The highest BCUT2D eigenvalue weighted by Crippen LogP contribution is 2.13. The van der Waals surface area contributed by atoms with E-state index in [1.807, 2.05) is 60.7 Å². The lowest BCUT2D eigenvalue weighted by Gasteiger charge is -2.26. The fraction of sp³-hybridized carbons (Fsp3) is 0.444. The van der Waals surface area contributed by atoms with Gasteiger partial charge in [0.15, 0.2) is 0 Å². The summed E-state index contributed by atoms with van der Waals surface area (Å²) >= 11 is 0. The molecule has 0 saturated heterocycles. The van der Waals surface area contributed by atoms with E-state index in [2.05, 4.69) is 5.32 Å². The van der Waals surface area contributed by atoms with Crippen molar-refractivity contribution >= 4 is 18.1 Å². The van der Waals surface area contributed by atoms with Crippen LogP contribution >= 0.6 is 0 Å². The smallest absolute Gasteiger partial charge is 0.419 e. The minimum atomic E-state index is -0.768. The van der Waals surface area contributed by atoms with Crippen molar-refractivity contribution in [3.63, 3.8) is 0 Å². The summed E-state index contributed by atoms with van der Waals surface area (Å²) in [6, 6.07) is 18.7. The molecular weight excluding hydrogens is 446 g/mol. The zero-order valence-electron chi connectivity index (χ0n) is 20.9. The Balaban J connectivity index is 1.86. The van der Waals surface area contributed by atoms with Crippen LogP contribution in [0, 0.1) is 0 Å². The number of carbonyl (C=O) groups is 3. The Morgan fingerprint density at radius 3 is 2.09 bits per heavy atom. The summed E-state index contributed by atoms with van der Waals surface area (Å²) in [4.78, 5) is 38.1. The third-order valence-corrected chi connectivity index (χ3v) is 5.15. The van der Waals surface area contributed by atoms with Crippen molar-refractivity contribution in [2.45, 2.75) is 64.7 Å². The number of imide groups is 1. The number of hydrogen-bond acceptors (Lipinski definition) is 6. The van der Waals surface area contributed by atoms with Crippen molar-refractivity contribution < 1.29 is 23.9 Å². The van der Waals surface area contributed by atoms with Gasteiger partial charge in [-0.05, 0) is 64.1 Å². The van der Waals surface area contributed by atoms with Crippen molar-refractivity contribution in [3.8, 4) is 0 Å². The molecule has 0 aliphatic heterocycles. The van der Waals surface area contributed by atoms with E-state index in [0.29, 0.717) is 25.8 Å². The number of benzene rings is 2. The molecule has 190 valence electrons. The van der Waals surface area contributed by atoms with E-state index in [9.17, 15) is 14.4 Å². The first-order chi connectivity index (χ1) is 16.7. The Morgan fingerprint density at radius 2 is 1.51 bits per heavy atom. The lowest BCUT2D eigenvalue weighted by molar-refractivity contribution is -0.120. The summed E-state index contributed by atoms with van der Waals surface area (Å²) in [5.41, 5.74) is 6.79. The molecule has 0 unspecified atom stereocenters. The number of primary amides is 1. The number of nitrogens with one attached hydrogen (secondary N) is 1. The van der Waals surface area contributed by atoms with Crippen molar-refractivity contribution in [3.05, 3.63) is 71.8 Å². The summed E-state index contributed by atoms with van der Waals surface area (Å²) < 4.78 is 10.7. The Kier molecular flexibility index (Phi) is 11.2. The molecule has 35 heavy (non-hydrogen) atoms. The second-order valence-electron chi connectivity index (χ2n) is 9.31. The topological polar surface area (TPSA) is 111 Å². The second-order valence-corrected chi connectivity index (χ2v) is 9.31. The predicted molar refractivity (Wildman–Crippen MR) is 135 cm³/mol. The number of ether oxygens (including phenoxy) is 2. The van der Waals surface area contributed by atoms with E-state index >= 15 is 0 Å². The van der Waals surface area contributed by atoms with Crippen LogP contribution in [0.2, 0.25) is 0 Å². The number of nitrogens with zero attached hydrogens (tertiary/aromatic N) is 1. The molecule has 0 aromatic heterocycles. The van der Waals surface area contributed by atoms with E-state index in [1.165, 1.54) is 5.56 Å². The number of rotatable bonds is 12. The quantitative estimate of drug-likeness (QED) is 0.433. The molecule has 8 heteroatoms. The highest BCUT2D eigenvalue weighted by Gasteiger charge is 2.28. The molecule has 2 rings (SSSR count). The van der Waals surface area contributed by atoms with Crippen molar-refractivity contribution in [1.82, 2.24) is 10.2 Å². The van der Waals surface area contributed by atoms with Gasteiger partial charge < -0.3 is 20.5 Å². The highest BCUT2D eigenvalue weighted by atomic mass is 16.6. The maximum atomic E-state index is 12.7. The van der Waals surface area contributed by atoms with E-state index in [1.54, 1.807) is 20.8 Å². The van der Waals surface area contributed by atoms with Crippen LogP contribution in [0.1, 0.15) is 51.2 Å². The first kappa shape index (κ1) is 27.9. The first-order valence-corrected chi connectivity index (χ1v) is 11.9. The molecule has 8 nitrogen and oxygen atoms in total. The molecule has 0 radical (unpaired) electrons. The Labute approximate surface area is 207 Å². The Hall–Kier alpha value is -3.39. The highest BCUT2D eigenvalue weighted by molar-refractivity contribution is 5.87. The van der Waals surface area contributed by atoms with Gasteiger partial charge in [-0.3, -0.25) is 4.79 Å². The van der Waals surface area contributed by atoms with Crippen LogP contribution in [0.4, 0.5) is 9.59 Å². The molecule has 0 spiro atoms. The zero-order chi connectivity index (χ0) is 25.7. The fourth-order valence-electron chi connectivity index (χ4n) is 3.37. The van der Waals surface area contributed by atoms with Gasteiger partial charge in [0.05, 0.1) is 6.04 Å².